The molecule has 0 bridgehead atoms. The number of nitrogens with one attached hydrogen (secondary N) is 1. The van der Waals surface area contributed by atoms with Crippen LogP contribution in [0.15, 0.2) is 48.5 Å². The molecule has 1 aliphatic carbocycles. The van der Waals surface area contributed by atoms with Crippen LogP contribution in [0.4, 0.5) is 0 Å². The topological polar surface area (TPSA) is 52.5 Å². The lowest BCUT2D eigenvalue weighted by Crippen LogP contribution is -2.25. The number of fused-ring (bicyclic) bond motifs is 1. The van der Waals surface area contributed by atoms with Crippen LogP contribution < -0.4 is 5.32 Å². The van der Waals surface area contributed by atoms with E-state index in [9.17, 15) is 10.2 Å². The first-order valence-electron chi connectivity index (χ1n) is 7.03. The second-order valence-electron chi connectivity index (χ2n) is 5.27. The maximum Gasteiger partial charge on any atom is 0.119 e. The van der Waals surface area contributed by atoms with E-state index in [2.05, 4.69) is 11.4 Å². The van der Waals surface area contributed by atoms with Gasteiger partial charge in [-0.25, -0.2) is 0 Å². The largest absolute Gasteiger partial charge is 0.508 e. The van der Waals surface area contributed by atoms with E-state index in [1.807, 2.05) is 36.4 Å². The molecule has 104 valence electrons. The smallest absolute Gasteiger partial charge is 0.119 e. The molecule has 2 aromatic carbocycles. The normalized spacial score (nSPS) is 18.8. The lowest BCUT2D eigenvalue weighted by molar-refractivity contribution is 0.169. The Labute approximate surface area is 118 Å². The summed E-state index contributed by atoms with van der Waals surface area (Å²) in [5.74, 6) is 0.385. The SMILES string of the molecule is Oc1cccc2c1CCC2NCC(O)c1ccccc1. The zero-order valence-corrected chi connectivity index (χ0v) is 11.3. The van der Waals surface area contributed by atoms with Crippen molar-refractivity contribution in [2.75, 3.05) is 6.54 Å². The summed E-state index contributed by atoms with van der Waals surface area (Å²) >= 11 is 0. The van der Waals surface area contributed by atoms with Gasteiger partial charge in [0.1, 0.15) is 5.75 Å². The molecule has 3 heteroatoms. The standard InChI is InChI=1S/C17H19NO2/c19-16-8-4-7-13-14(16)9-10-15(13)18-11-17(20)12-5-2-1-3-6-12/h1-8,15,17-20H,9-11H2. The van der Waals surface area contributed by atoms with Gasteiger partial charge in [-0.2, -0.15) is 0 Å². The van der Waals surface area contributed by atoms with Gasteiger partial charge in [0.2, 0.25) is 0 Å². The molecule has 20 heavy (non-hydrogen) atoms. The van der Waals surface area contributed by atoms with Crippen LogP contribution >= 0.6 is 0 Å². The van der Waals surface area contributed by atoms with Crippen LogP contribution in [0.3, 0.4) is 0 Å². The van der Waals surface area contributed by atoms with Gasteiger partial charge in [-0.15, -0.1) is 0 Å². The van der Waals surface area contributed by atoms with Crippen molar-refractivity contribution in [2.45, 2.75) is 25.0 Å². The van der Waals surface area contributed by atoms with E-state index in [4.69, 9.17) is 0 Å². The molecule has 0 fully saturated rings. The van der Waals surface area contributed by atoms with Crippen molar-refractivity contribution in [1.82, 2.24) is 5.32 Å². The van der Waals surface area contributed by atoms with E-state index in [0.717, 1.165) is 29.5 Å². The molecule has 0 aromatic heterocycles. The van der Waals surface area contributed by atoms with Gasteiger partial charge in [0, 0.05) is 12.6 Å². The van der Waals surface area contributed by atoms with Crippen molar-refractivity contribution in [2.24, 2.45) is 0 Å². The third-order valence-electron chi connectivity index (χ3n) is 3.99. The van der Waals surface area contributed by atoms with Crippen LogP contribution in [0.1, 0.15) is 35.3 Å². The molecule has 1 aliphatic rings. The fourth-order valence-corrected chi connectivity index (χ4v) is 2.89. The molecular formula is C17H19NO2. The molecular weight excluding hydrogens is 250 g/mol. The molecule has 0 saturated heterocycles. The van der Waals surface area contributed by atoms with Gasteiger partial charge in [0.25, 0.3) is 0 Å². The zero-order chi connectivity index (χ0) is 13.9. The summed E-state index contributed by atoms with van der Waals surface area (Å²) in [6.45, 7) is 0.518. The van der Waals surface area contributed by atoms with Gasteiger partial charge in [-0.1, -0.05) is 42.5 Å². The number of phenolic OH excluding ortho intramolecular Hbond substituents is 1. The number of aliphatic hydroxyl groups excluding tert-OH is 1. The highest BCUT2D eigenvalue weighted by atomic mass is 16.3. The Balaban J connectivity index is 1.65. The number of hydrogen-bond acceptors (Lipinski definition) is 3. The predicted octanol–water partition coefficient (Wildman–Crippen LogP) is 2.70. The van der Waals surface area contributed by atoms with Gasteiger partial charge in [-0.3, -0.25) is 0 Å². The van der Waals surface area contributed by atoms with Crippen molar-refractivity contribution in [1.29, 1.82) is 0 Å². The third kappa shape index (κ3) is 2.55. The van der Waals surface area contributed by atoms with Gasteiger partial charge in [0.15, 0.2) is 0 Å². The molecule has 2 aromatic rings. The van der Waals surface area contributed by atoms with Crippen molar-refractivity contribution in [3.8, 4) is 5.75 Å². The van der Waals surface area contributed by atoms with Crippen LogP contribution in [0.2, 0.25) is 0 Å². The molecule has 0 amide bonds. The number of benzene rings is 2. The van der Waals surface area contributed by atoms with Crippen molar-refractivity contribution in [3.63, 3.8) is 0 Å². The van der Waals surface area contributed by atoms with Crippen molar-refractivity contribution >= 4 is 0 Å². The molecule has 2 unspecified atom stereocenters. The number of rotatable bonds is 4. The Morgan fingerprint density at radius 2 is 1.90 bits per heavy atom. The van der Waals surface area contributed by atoms with Crippen LogP contribution in [-0.4, -0.2) is 16.8 Å². The fraction of sp³-hybridized carbons (Fsp3) is 0.294. The molecule has 2 atom stereocenters. The first kappa shape index (κ1) is 13.2. The lowest BCUT2D eigenvalue weighted by Gasteiger charge is -2.17. The Kier molecular flexibility index (Phi) is 3.72. The monoisotopic (exact) mass is 269 g/mol. The fourth-order valence-electron chi connectivity index (χ4n) is 2.89. The summed E-state index contributed by atoms with van der Waals surface area (Å²) < 4.78 is 0. The van der Waals surface area contributed by atoms with Gasteiger partial charge < -0.3 is 15.5 Å². The molecule has 0 radical (unpaired) electrons. The first-order valence-corrected chi connectivity index (χ1v) is 7.03. The summed E-state index contributed by atoms with van der Waals surface area (Å²) in [6.07, 6.45) is 1.35. The average Bonchev–Trinajstić information content (AvgIpc) is 2.90. The quantitative estimate of drug-likeness (QED) is 0.800. The summed E-state index contributed by atoms with van der Waals surface area (Å²) in [5, 5.41) is 23.4. The number of hydrogen-bond donors (Lipinski definition) is 3. The summed E-state index contributed by atoms with van der Waals surface area (Å²) in [4.78, 5) is 0. The molecule has 3 N–H and O–H groups in total. The van der Waals surface area contributed by atoms with E-state index in [0.29, 0.717) is 12.3 Å². The van der Waals surface area contributed by atoms with E-state index in [-0.39, 0.29) is 6.04 Å². The zero-order valence-electron chi connectivity index (χ0n) is 11.3. The maximum absolute atomic E-state index is 10.2. The highest BCUT2D eigenvalue weighted by Gasteiger charge is 2.24. The molecule has 0 saturated carbocycles. The van der Waals surface area contributed by atoms with Crippen LogP contribution in [0.5, 0.6) is 5.75 Å². The number of aromatic hydroxyl groups is 1. The Hall–Kier alpha value is -1.84. The van der Waals surface area contributed by atoms with E-state index < -0.39 is 6.10 Å². The van der Waals surface area contributed by atoms with E-state index in [1.54, 1.807) is 6.07 Å². The Morgan fingerprint density at radius 3 is 2.70 bits per heavy atom. The molecule has 0 spiro atoms. The van der Waals surface area contributed by atoms with Crippen LogP contribution in [-0.2, 0) is 6.42 Å². The van der Waals surface area contributed by atoms with Gasteiger partial charge in [-0.05, 0) is 35.6 Å². The maximum atomic E-state index is 10.2. The van der Waals surface area contributed by atoms with Crippen LogP contribution in [0.25, 0.3) is 0 Å². The minimum Gasteiger partial charge on any atom is -0.508 e. The Bertz CT molecular complexity index is 583. The minimum atomic E-state index is -0.502. The molecule has 0 heterocycles. The second kappa shape index (κ2) is 5.65. The highest BCUT2D eigenvalue weighted by molar-refractivity contribution is 5.44. The molecule has 3 nitrogen and oxygen atoms in total. The highest BCUT2D eigenvalue weighted by Crippen LogP contribution is 2.36. The number of phenols is 1. The van der Waals surface area contributed by atoms with Crippen LogP contribution in [0, 0.1) is 0 Å². The van der Waals surface area contributed by atoms with Crippen molar-refractivity contribution in [3.05, 3.63) is 65.2 Å². The third-order valence-corrected chi connectivity index (χ3v) is 3.99. The van der Waals surface area contributed by atoms with Gasteiger partial charge in [0.05, 0.1) is 6.10 Å². The van der Waals surface area contributed by atoms with Crippen molar-refractivity contribution < 1.29 is 10.2 Å². The Morgan fingerprint density at radius 1 is 1.10 bits per heavy atom. The summed E-state index contributed by atoms with van der Waals surface area (Å²) in [5.41, 5.74) is 3.12. The van der Waals surface area contributed by atoms with E-state index in [1.165, 1.54) is 0 Å². The summed E-state index contributed by atoms with van der Waals surface area (Å²) in [6, 6.07) is 15.6. The first-order chi connectivity index (χ1) is 9.75. The number of aliphatic hydroxyl groups is 1. The minimum absolute atomic E-state index is 0.218. The second-order valence-corrected chi connectivity index (χ2v) is 5.27. The predicted molar refractivity (Wildman–Crippen MR) is 78.6 cm³/mol. The van der Waals surface area contributed by atoms with E-state index >= 15 is 0 Å². The summed E-state index contributed by atoms with van der Waals surface area (Å²) in [7, 11) is 0. The lowest BCUT2D eigenvalue weighted by atomic mass is 10.1. The van der Waals surface area contributed by atoms with Gasteiger partial charge >= 0.3 is 0 Å². The molecule has 0 aliphatic heterocycles. The molecule has 3 rings (SSSR count). The average molecular weight is 269 g/mol.